The molecule has 4 amide bonds. The zero-order chi connectivity index (χ0) is 36.8. The first-order valence-corrected chi connectivity index (χ1v) is 17.5. The van der Waals surface area contributed by atoms with Crippen molar-refractivity contribution in [3.05, 3.63) is 83.8 Å². The third-order valence-corrected chi connectivity index (χ3v) is 9.01. The van der Waals surface area contributed by atoms with Crippen LogP contribution in [-0.4, -0.2) is 81.4 Å². The molecule has 0 spiro atoms. The number of alkyl carbamates (subject to hydrolysis) is 1. The molecule has 0 bridgehead atoms. The molecule has 0 radical (unpaired) electrons. The first-order chi connectivity index (χ1) is 24.2. The normalized spacial score (nSPS) is 18.4. The standard InChI is InChI=1S/C38H50N6O7/c1-25-16-18-43(19-17-25)36(48)50-30-20-27-14-10-11-15-28(27)32(30)44-21-31(39-24-44)41-33(45)29(23-49-22-26-12-8-7-9-13-26)40-34(46)38(5,6)42-35(47)51-37(2,3)4/h7-15,21,24-25,29-30,32H,16-20,22-23H2,1-6H3,(H,40,46)(H,41,45)(H,42,47)/t29-,30-,32?/m1/s1. The number of carbonyl (C=O) groups is 4. The Kier molecular flexibility index (Phi) is 11.7. The van der Waals surface area contributed by atoms with Crippen molar-refractivity contribution in [1.29, 1.82) is 0 Å². The van der Waals surface area contributed by atoms with Crippen LogP contribution in [0.5, 0.6) is 0 Å². The highest BCUT2D eigenvalue weighted by Crippen LogP contribution is 2.37. The lowest BCUT2D eigenvalue weighted by atomic mass is 10.00. The molecule has 2 aliphatic rings. The van der Waals surface area contributed by atoms with Gasteiger partial charge in [-0.2, -0.15) is 0 Å². The number of nitrogens with zero attached hydrogens (tertiary/aromatic N) is 3. The Balaban J connectivity index is 1.29. The average molecular weight is 703 g/mol. The molecule has 1 saturated heterocycles. The molecule has 3 N–H and O–H groups in total. The van der Waals surface area contributed by atoms with Crippen molar-refractivity contribution in [3.8, 4) is 0 Å². The van der Waals surface area contributed by atoms with Crippen molar-refractivity contribution in [2.45, 2.75) is 96.7 Å². The van der Waals surface area contributed by atoms with Crippen LogP contribution >= 0.6 is 0 Å². The number of nitrogens with one attached hydrogen (secondary N) is 3. The van der Waals surface area contributed by atoms with Crippen molar-refractivity contribution < 1.29 is 33.4 Å². The fraction of sp³-hybridized carbons (Fsp3) is 0.500. The highest BCUT2D eigenvalue weighted by molar-refractivity contribution is 5.98. The lowest BCUT2D eigenvalue weighted by molar-refractivity contribution is -0.131. The Morgan fingerprint density at radius 1 is 0.961 bits per heavy atom. The van der Waals surface area contributed by atoms with E-state index in [1.807, 2.05) is 59.2 Å². The average Bonchev–Trinajstić information content (AvgIpc) is 3.67. The van der Waals surface area contributed by atoms with E-state index >= 15 is 0 Å². The van der Waals surface area contributed by atoms with Crippen molar-refractivity contribution in [1.82, 2.24) is 25.1 Å². The predicted octanol–water partition coefficient (Wildman–Crippen LogP) is 5.21. The number of imidazole rings is 1. The highest BCUT2D eigenvalue weighted by Gasteiger charge is 2.38. The summed E-state index contributed by atoms with van der Waals surface area (Å²) in [5.41, 5.74) is 0.805. The number of benzene rings is 2. The Bertz CT molecular complexity index is 1680. The molecule has 3 aromatic rings. The Morgan fingerprint density at radius 2 is 1.65 bits per heavy atom. The molecule has 13 nitrogen and oxygen atoms in total. The largest absolute Gasteiger partial charge is 0.444 e. The van der Waals surface area contributed by atoms with Gasteiger partial charge < -0.3 is 39.6 Å². The summed E-state index contributed by atoms with van der Waals surface area (Å²) in [7, 11) is 0. The van der Waals surface area contributed by atoms with E-state index in [1.165, 1.54) is 13.8 Å². The Hall–Kier alpha value is -4.91. The molecule has 1 aliphatic heterocycles. The van der Waals surface area contributed by atoms with E-state index in [-0.39, 0.29) is 31.2 Å². The van der Waals surface area contributed by atoms with Gasteiger partial charge in [0.25, 0.3) is 5.91 Å². The van der Waals surface area contributed by atoms with Crippen LogP contribution in [0.25, 0.3) is 0 Å². The van der Waals surface area contributed by atoms with Gasteiger partial charge in [0.15, 0.2) is 5.82 Å². The first kappa shape index (κ1) is 37.3. The summed E-state index contributed by atoms with van der Waals surface area (Å²) < 4.78 is 19.2. The van der Waals surface area contributed by atoms with E-state index in [0.29, 0.717) is 25.4 Å². The second-order valence-corrected chi connectivity index (χ2v) is 14.9. The number of rotatable bonds is 11. The topological polar surface area (TPSA) is 153 Å². The van der Waals surface area contributed by atoms with Crippen molar-refractivity contribution >= 4 is 29.8 Å². The van der Waals surface area contributed by atoms with Gasteiger partial charge in [0.1, 0.15) is 23.3 Å². The minimum Gasteiger partial charge on any atom is -0.444 e. The SMILES string of the molecule is CC1CCN(C(=O)O[C@@H]2Cc3ccccc3C2n2cnc(NC(=O)[C@@H](COCc3ccccc3)NC(=O)C(C)(C)NC(=O)OC(C)(C)C)c2)CC1. The Morgan fingerprint density at radius 3 is 2.35 bits per heavy atom. The van der Waals surface area contributed by atoms with Crippen LogP contribution in [0.3, 0.4) is 0 Å². The van der Waals surface area contributed by atoms with Crippen LogP contribution in [0.15, 0.2) is 67.1 Å². The minimum atomic E-state index is -1.42. The summed E-state index contributed by atoms with van der Waals surface area (Å²) in [5, 5.41) is 8.10. The molecule has 13 heteroatoms. The molecule has 1 unspecified atom stereocenters. The van der Waals surface area contributed by atoms with E-state index in [4.69, 9.17) is 14.2 Å². The number of amides is 4. The molecular formula is C38H50N6O7. The van der Waals surface area contributed by atoms with Crippen molar-refractivity contribution in [3.63, 3.8) is 0 Å². The molecule has 3 atom stereocenters. The second-order valence-electron chi connectivity index (χ2n) is 14.9. The quantitative estimate of drug-likeness (QED) is 0.246. The van der Waals surface area contributed by atoms with E-state index in [1.54, 1.807) is 38.2 Å². The highest BCUT2D eigenvalue weighted by atomic mass is 16.6. The molecular weight excluding hydrogens is 652 g/mol. The van der Waals surface area contributed by atoms with Gasteiger partial charge in [0.2, 0.25) is 5.91 Å². The summed E-state index contributed by atoms with van der Waals surface area (Å²) in [6.45, 7) is 11.8. The number of hydrogen-bond acceptors (Lipinski definition) is 8. The summed E-state index contributed by atoms with van der Waals surface area (Å²) in [6.07, 6.45) is 4.18. The second kappa shape index (κ2) is 16.0. The number of fused-ring (bicyclic) bond motifs is 1. The van der Waals surface area contributed by atoms with Gasteiger partial charge in [0.05, 0.1) is 25.6 Å². The number of ether oxygens (including phenoxy) is 3. The smallest absolute Gasteiger partial charge is 0.410 e. The minimum absolute atomic E-state index is 0.154. The number of aromatic nitrogens is 2. The molecule has 5 rings (SSSR count). The van der Waals surface area contributed by atoms with Crippen LogP contribution in [0, 0.1) is 5.92 Å². The van der Waals surface area contributed by atoms with E-state index < -0.39 is 41.2 Å². The van der Waals surface area contributed by atoms with Gasteiger partial charge >= 0.3 is 12.2 Å². The van der Waals surface area contributed by atoms with Crippen LogP contribution in [0.2, 0.25) is 0 Å². The van der Waals surface area contributed by atoms with E-state index in [2.05, 4.69) is 27.9 Å². The molecule has 274 valence electrons. The molecule has 1 fully saturated rings. The van der Waals surface area contributed by atoms with Gasteiger partial charge in [-0.15, -0.1) is 0 Å². The monoisotopic (exact) mass is 702 g/mol. The van der Waals surface area contributed by atoms with Crippen molar-refractivity contribution in [2.24, 2.45) is 5.92 Å². The van der Waals surface area contributed by atoms with Crippen molar-refractivity contribution in [2.75, 3.05) is 25.0 Å². The predicted molar refractivity (Wildman–Crippen MR) is 191 cm³/mol. The fourth-order valence-corrected chi connectivity index (χ4v) is 6.16. The van der Waals surface area contributed by atoms with Crippen LogP contribution < -0.4 is 16.0 Å². The van der Waals surface area contributed by atoms with E-state index in [9.17, 15) is 19.2 Å². The number of anilines is 1. The molecule has 51 heavy (non-hydrogen) atoms. The van der Waals surface area contributed by atoms with Gasteiger partial charge in [-0.05, 0) is 70.1 Å². The third-order valence-electron chi connectivity index (χ3n) is 9.01. The van der Waals surface area contributed by atoms with Gasteiger partial charge in [-0.1, -0.05) is 61.5 Å². The molecule has 1 aliphatic carbocycles. The fourth-order valence-electron chi connectivity index (χ4n) is 6.16. The first-order valence-electron chi connectivity index (χ1n) is 17.5. The summed E-state index contributed by atoms with van der Waals surface area (Å²) in [4.78, 5) is 59.1. The maximum Gasteiger partial charge on any atom is 0.410 e. The zero-order valence-electron chi connectivity index (χ0n) is 30.3. The van der Waals surface area contributed by atoms with Crippen LogP contribution in [0.1, 0.15) is 77.1 Å². The van der Waals surface area contributed by atoms with Gasteiger partial charge in [0, 0.05) is 25.7 Å². The molecule has 2 aromatic carbocycles. The third kappa shape index (κ3) is 10.1. The number of piperidine rings is 1. The lowest BCUT2D eigenvalue weighted by Crippen LogP contribution is -2.59. The number of likely N-dealkylation sites (tertiary alicyclic amines) is 1. The number of hydrogen-bond donors (Lipinski definition) is 3. The maximum atomic E-state index is 13.7. The van der Waals surface area contributed by atoms with Gasteiger partial charge in [-0.3, -0.25) is 9.59 Å². The summed E-state index contributed by atoms with van der Waals surface area (Å²) >= 11 is 0. The molecule has 2 heterocycles. The van der Waals surface area contributed by atoms with Gasteiger partial charge in [-0.25, -0.2) is 14.6 Å². The van der Waals surface area contributed by atoms with Crippen LogP contribution in [0.4, 0.5) is 15.4 Å². The van der Waals surface area contributed by atoms with Crippen LogP contribution in [-0.2, 0) is 36.8 Å². The zero-order valence-corrected chi connectivity index (χ0v) is 30.3. The summed E-state index contributed by atoms with van der Waals surface area (Å²) in [5.74, 6) is -0.352. The summed E-state index contributed by atoms with van der Waals surface area (Å²) in [6, 6.07) is 15.9. The molecule has 1 aromatic heterocycles. The van der Waals surface area contributed by atoms with E-state index in [0.717, 1.165) is 29.5 Å². The molecule has 0 saturated carbocycles. The lowest BCUT2D eigenvalue weighted by Gasteiger charge is -2.31. The Labute approximate surface area is 299 Å². The number of carbonyl (C=O) groups excluding carboxylic acids is 4. The maximum absolute atomic E-state index is 13.7.